The summed E-state index contributed by atoms with van der Waals surface area (Å²) < 4.78 is 16.3. The highest BCUT2D eigenvalue weighted by Crippen LogP contribution is 2.11. The normalized spacial score (nSPS) is 13.6. The molecule has 0 saturated heterocycles. The maximum atomic E-state index is 11.7. The highest BCUT2D eigenvalue weighted by Gasteiger charge is 2.08. The molecule has 2 unspecified atom stereocenters. The summed E-state index contributed by atoms with van der Waals surface area (Å²) in [5.74, 6) is 1.05. The lowest BCUT2D eigenvalue weighted by atomic mass is 10.2. The molecule has 0 fully saturated rings. The molecule has 2 atom stereocenters. The van der Waals surface area contributed by atoms with Crippen molar-refractivity contribution in [1.82, 2.24) is 5.32 Å². The highest BCUT2D eigenvalue weighted by atomic mass is 32.2. The van der Waals surface area contributed by atoms with E-state index in [2.05, 4.69) is 5.32 Å². The number of amides is 1. The summed E-state index contributed by atoms with van der Waals surface area (Å²) in [4.78, 5) is 11.7. The lowest BCUT2D eigenvalue weighted by Gasteiger charge is -2.13. The van der Waals surface area contributed by atoms with Crippen LogP contribution in [-0.2, 0) is 22.1 Å². The number of rotatable bonds is 8. The third-order valence-electron chi connectivity index (χ3n) is 2.77. The predicted molar refractivity (Wildman–Crippen MR) is 81.0 cm³/mol. The number of carbonyl (C=O) groups is 1. The second-order valence-electron chi connectivity index (χ2n) is 4.67. The molecule has 112 valence electrons. The number of benzene rings is 1. The lowest BCUT2D eigenvalue weighted by molar-refractivity contribution is -0.123. The van der Waals surface area contributed by atoms with Crippen molar-refractivity contribution in [2.75, 3.05) is 18.6 Å². The number of hydrogen-bond acceptors (Lipinski definition) is 4. The van der Waals surface area contributed by atoms with E-state index in [9.17, 15) is 9.00 Å². The fourth-order valence-corrected chi connectivity index (χ4v) is 2.29. The van der Waals surface area contributed by atoms with Crippen molar-refractivity contribution >= 4 is 16.7 Å². The summed E-state index contributed by atoms with van der Waals surface area (Å²) in [5.41, 5.74) is 6.52. The van der Waals surface area contributed by atoms with Crippen LogP contribution in [0, 0.1) is 0 Å². The smallest absolute Gasteiger partial charge is 0.258 e. The molecule has 1 amide bonds. The zero-order valence-electron chi connectivity index (χ0n) is 11.9. The fraction of sp³-hybridized carbons (Fsp3) is 0.500. The first-order chi connectivity index (χ1) is 9.51. The van der Waals surface area contributed by atoms with E-state index in [-0.39, 0.29) is 18.6 Å². The molecule has 0 saturated carbocycles. The first kappa shape index (κ1) is 16.7. The number of carbonyl (C=O) groups excluding carboxylic acids is 1. The van der Waals surface area contributed by atoms with Gasteiger partial charge in [0.15, 0.2) is 6.61 Å². The van der Waals surface area contributed by atoms with Gasteiger partial charge in [-0.05, 0) is 31.0 Å². The number of ether oxygens (including phenoxy) is 1. The van der Waals surface area contributed by atoms with E-state index in [1.807, 2.05) is 19.1 Å². The molecule has 0 bridgehead atoms. The summed E-state index contributed by atoms with van der Waals surface area (Å²) in [6.45, 7) is 2.35. The van der Waals surface area contributed by atoms with Gasteiger partial charge < -0.3 is 15.8 Å². The van der Waals surface area contributed by atoms with Crippen molar-refractivity contribution in [3.05, 3.63) is 29.8 Å². The van der Waals surface area contributed by atoms with Gasteiger partial charge in [-0.2, -0.15) is 0 Å². The summed E-state index contributed by atoms with van der Waals surface area (Å²) in [5, 5.41) is 2.81. The summed E-state index contributed by atoms with van der Waals surface area (Å²) in [6, 6.07) is 7.31. The number of nitrogens with one attached hydrogen (secondary N) is 1. The van der Waals surface area contributed by atoms with Crippen molar-refractivity contribution in [1.29, 1.82) is 0 Å². The van der Waals surface area contributed by atoms with Gasteiger partial charge in [-0.25, -0.2) is 0 Å². The summed E-state index contributed by atoms with van der Waals surface area (Å²) >= 11 is 0. The van der Waals surface area contributed by atoms with E-state index < -0.39 is 10.8 Å². The quantitative estimate of drug-likeness (QED) is 0.744. The Morgan fingerprint density at radius 3 is 2.60 bits per heavy atom. The van der Waals surface area contributed by atoms with Crippen LogP contribution in [0.3, 0.4) is 0 Å². The SMILES string of the molecule is CC(CCS(C)=O)NC(=O)COc1ccc(CN)cc1. The minimum absolute atomic E-state index is 0.00499. The van der Waals surface area contributed by atoms with Gasteiger partial charge in [-0.1, -0.05) is 12.1 Å². The third kappa shape index (κ3) is 6.68. The van der Waals surface area contributed by atoms with E-state index in [4.69, 9.17) is 10.5 Å². The Hall–Kier alpha value is -1.40. The van der Waals surface area contributed by atoms with Crippen LogP contribution in [0.2, 0.25) is 0 Å². The van der Waals surface area contributed by atoms with E-state index in [1.165, 1.54) is 0 Å². The zero-order chi connectivity index (χ0) is 15.0. The second-order valence-corrected chi connectivity index (χ2v) is 6.23. The van der Waals surface area contributed by atoms with Crippen LogP contribution in [0.4, 0.5) is 0 Å². The Labute approximate surface area is 122 Å². The molecular formula is C14H22N2O3S. The molecule has 20 heavy (non-hydrogen) atoms. The van der Waals surface area contributed by atoms with Gasteiger partial charge in [0.1, 0.15) is 5.75 Å². The molecule has 0 aliphatic rings. The van der Waals surface area contributed by atoms with Crippen LogP contribution < -0.4 is 15.8 Å². The molecule has 0 spiro atoms. The molecule has 0 aliphatic carbocycles. The Morgan fingerprint density at radius 2 is 2.05 bits per heavy atom. The Bertz CT molecular complexity index is 448. The van der Waals surface area contributed by atoms with E-state index in [0.717, 1.165) is 5.56 Å². The van der Waals surface area contributed by atoms with Crippen molar-refractivity contribution in [2.45, 2.75) is 25.9 Å². The minimum Gasteiger partial charge on any atom is -0.484 e. The molecule has 0 radical (unpaired) electrons. The molecule has 3 N–H and O–H groups in total. The summed E-state index contributed by atoms with van der Waals surface area (Å²) in [6.07, 6.45) is 2.35. The molecule has 1 rings (SSSR count). The van der Waals surface area contributed by atoms with Crippen LogP contribution in [0.5, 0.6) is 5.75 Å². The van der Waals surface area contributed by atoms with E-state index in [0.29, 0.717) is 24.5 Å². The monoisotopic (exact) mass is 298 g/mol. The average Bonchev–Trinajstić information content (AvgIpc) is 2.43. The van der Waals surface area contributed by atoms with E-state index in [1.54, 1.807) is 18.4 Å². The Balaban J connectivity index is 2.29. The Kier molecular flexibility index (Phi) is 7.25. The van der Waals surface area contributed by atoms with Gasteiger partial charge in [0.05, 0.1) is 0 Å². The van der Waals surface area contributed by atoms with Crippen LogP contribution in [0.15, 0.2) is 24.3 Å². The summed E-state index contributed by atoms with van der Waals surface area (Å²) in [7, 11) is -0.830. The lowest BCUT2D eigenvalue weighted by Crippen LogP contribution is -2.36. The van der Waals surface area contributed by atoms with Crippen molar-refractivity contribution in [2.24, 2.45) is 5.73 Å². The molecule has 0 aromatic heterocycles. The highest BCUT2D eigenvalue weighted by molar-refractivity contribution is 7.84. The van der Waals surface area contributed by atoms with Crippen LogP contribution in [0.25, 0.3) is 0 Å². The average molecular weight is 298 g/mol. The minimum atomic E-state index is -0.830. The maximum Gasteiger partial charge on any atom is 0.258 e. The second kappa shape index (κ2) is 8.71. The van der Waals surface area contributed by atoms with Crippen molar-refractivity contribution in [3.8, 4) is 5.75 Å². The first-order valence-corrected chi connectivity index (χ1v) is 8.25. The van der Waals surface area contributed by atoms with Crippen molar-refractivity contribution in [3.63, 3.8) is 0 Å². The van der Waals surface area contributed by atoms with E-state index >= 15 is 0 Å². The van der Waals surface area contributed by atoms with Crippen LogP contribution >= 0.6 is 0 Å². The van der Waals surface area contributed by atoms with Crippen LogP contribution in [-0.4, -0.2) is 34.8 Å². The molecule has 0 aliphatic heterocycles. The predicted octanol–water partition coefficient (Wildman–Crippen LogP) is 0.797. The molecule has 1 aromatic carbocycles. The first-order valence-electron chi connectivity index (χ1n) is 6.52. The molecule has 0 heterocycles. The van der Waals surface area contributed by atoms with Crippen LogP contribution in [0.1, 0.15) is 18.9 Å². The van der Waals surface area contributed by atoms with Gasteiger partial charge in [0.2, 0.25) is 0 Å². The van der Waals surface area contributed by atoms with Crippen molar-refractivity contribution < 1.29 is 13.7 Å². The molecule has 6 heteroatoms. The molecular weight excluding hydrogens is 276 g/mol. The van der Waals surface area contributed by atoms with Gasteiger partial charge in [0.25, 0.3) is 5.91 Å². The van der Waals surface area contributed by atoms with Gasteiger partial charge >= 0.3 is 0 Å². The largest absolute Gasteiger partial charge is 0.484 e. The number of hydrogen-bond donors (Lipinski definition) is 2. The Morgan fingerprint density at radius 1 is 1.40 bits per heavy atom. The molecule has 1 aromatic rings. The number of nitrogens with two attached hydrogens (primary N) is 1. The molecule has 5 nitrogen and oxygen atoms in total. The maximum absolute atomic E-state index is 11.7. The van der Waals surface area contributed by atoms with Gasteiger partial charge in [-0.15, -0.1) is 0 Å². The van der Waals surface area contributed by atoms with Gasteiger partial charge in [-0.3, -0.25) is 9.00 Å². The topological polar surface area (TPSA) is 81.4 Å². The standard InChI is InChI=1S/C14H22N2O3S/c1-11(7-8-20(2)18)16-14(17)10-19-13-5-3-12(9-15)4-6-13/h3-6,11H,7-10,15H2,1-2H3,(H,16,17). The van der Waals surface area contributed by atoms with Gasteiger partial charge in [0, 0.05) is 35.4 Å². The third-order valence-corrected chi connectivity index (χ3v) is 3.59. The fourth-order valence-electron chi connectivity index (χ4n) is 1.60. The zero-order valence-corrected chi connectivity index (χ0v) is 12.7.